The van der Waals surface area contributed by atoms with E-state index in [4.69, 9.17) is 4.74 Å². The monoisotopic (exact) mass is 248 g/mol. The molecule has 0 saturated carbocycles. The molecule has 0 aliphatic carbocycles. The lowest BCUT2D eigenvalue weighted by molar-refractivity contribution is -0.119. The van der Waals surface area contributed by atoms with Crippen LogP contribution >= 0.6 is 0 Å². The molecule has 18 heavy (non-hydrogen) atoms. The predicted octanol–water partition coefficient (Wildman–Crippen LogP) is 1.51. The normalized spacial score (nSPS) is 11.4. The maximum absolute atomic E-state index is 11.5. The molecular weight excluding hydrogens is 232 g/mol. The maximum atomic E-state index is 11.5. The molecule has 1 amide bonds. The summed E-state index contributed by atoms with van der Waals surface area (Å²) < 4.78 is 5.21. The summed E-state index contributed by atoms with van der Waals surface area (Å²) in [5.74, 6) is -0.118. The van der Waals surface area contributed by atoms with Gasteiger partial charge in [0, 0.05) is 12.6 Å². The van der Waals surface area contributed by atoms with Crippen molar-refractivity contribution in [1.29, 1.82) is 0 Å². The average Bonchev–Trinajstić information content (AvgIpc) is 2.43. The van der Waals surface area contributed by atoms with Crippen LogP contribution in [0.5, 0.6) is 0 Å². The first-order chi connectivity index (χ1) is 8.72. The van der Waals surface area contributed by atoms with E-state index in [9.17, 15) is 9.59 Å². The highest BCUT2D eigenvalue weighted by Crippen LogP contribution is 2.13. The molecule has 0 fully saturated rings. The van der Waals surface area contributed by atoms with Gasteiger partial charge in [-0.3, -0.25) is 14.6 Å². The third kappa shape index (κ3) is 3.69. The first-order valence-corrected chi connectivity index (χ1v) is 5.76. The van der Waals surface area contributed by atoms with Crippen LogP contribution in [-0.2, 0) is 14.3 Å². The lowest BCUT2D eigenvalue weighted by atomic mass is 10.2. The minimum Gasteiger partial charge on any atom is -0.488 e. The maximum Gasteiger partial charge on any atom is 0.224 e. The molecule has 0 saturated heterocycles. The number of hydrogen-bond donors (Lipinski definition) is 1. The Morgan fingerprint density at radius 3 is 2.72 bits per heavy atom. The Morgan fingerprint density at radius 1 is 1.44 bits per heavy atom. The lowest BCUT2D eigenvalue weighted by Crippen LogP contribution is -2.23. The van der Waals surface area contributed by atoms with Crippen molar-refractivity contribution >= 4 is 17.9 Å². The number of pyridine rings is 1. The van der Waals surface area contributed by atoms with Crippen molar-refractivity contribution in [2.24, 2.45) is 0 Å². The number of ether oxygens (including phenoxy) is 1. The molecule has 0 unspecified atom stereocenters. The van der Waals surface area contributed by atoms with Gasteiger partial charge in [-0.05, 0) is 19.1 Å². The van der Waals surface area contributed by atoms with Gasteiger partial charge < -0.3 is 10.1 Å². The highest BCUT2D eigenvalue weighted by Gasteiger charge is 2.13. The van der Waals surface area contributed by atoms with Crippen LogP contribution in [0, 0.1) is 0 Å². The molecule has 0 aliphatic heterocycles. The van der Waals surface area contributed by atoms with Crippen molar-refractivity contribution in [2.75, 3.05) is 6.61 Å². The Balaban J connectivity index is 3.16. The van der Waals surface area contributed by atoms with Crippen molar-refractivity contribution in [3.63, 3.8) is 0 Å². The zero-order chi connectivity index (χ0) is 13.4. The van der Waals surface area contributed by atoms with E-state index in [1.165, 1.54) is 0 Å². The predicted molar refractivity (Wildman–Crippen MR) is 67.3 cm³/mol. The van der Waals surface area contributed by atoms with Gasteiger partial charge in [0.05, 0.1) is 12.3 Å². The molecule has 0 aliphatic rings. The number of rotatable bonds is 6. The van der Waals surface area contributed by atoms with Crippen LogP contribution in [0.3, 0.4) is 0 Å². The van der Waals surface area contributed by atoms with Crippen molar-refractivity contribution in [2.45, 2.75) is 20.3 Å². The fourth-order valence-corrected chi connectivity index (χ4v) is 1.31. The topological polar surface area (TPSA) is 68.3 Å². The number of amides is 1. The van der Waals surface area contributed by atoms with Crippen LogP contribution in [-0.4, -0.2) is 23.8 Å². The molecule has 0 spiro atoms. The zero-order valence-corrected chi connectivity index (χ0v) is 10.5. The largest absolute Gasteiger partial charge is 0.488 e. The summed E-state index contributed by atoms with van der Waals surface area (Å²) in [5.41, 5.74) is 0.800. The van der Waals surface area contributed by atoms with Crippen LogP contribution in [0.2, 0.25) is 0 Å². The van der Waals surface area contributed by atoms with E-state index in [1.807, 2.05) is 0 Å². The van der Waals surface area contributed by atoms with Crippen LogP contribution in [0.25, 0.3) is 5.70 Å². The zero-order valence-electron chi connectivity index (χ0n) is 10.5. The van der Waals surface area contributed by atoms with Crippen molar-refractivity contribution in [3.05, 3.63) is 35.8 Å². The number of aromatic nitrogens is 1. The Labute approximate surface area is 106 Å². The minimum absolute atomic E-state index is 0.0815. The van der Waals surface area contributed by atoms with Gasteiger partial charge in [0.15, 0.2) is 12.0 Å². The summed E-state index contributed by atoms with van der Waals surface area (Å²) in [7, 11) is 0. The Hall–Kier alpha value is -2.17. The molecular formula is C13H16N2O3. The molecule has 5 heteroatoms. The number of hydrogen-bond acceptors (Lipinski definition) is 4. The number of carbonyl (C=O) groups excluding carboxylic acids is 2. The molecule has 1 aromatic heterocycles. The van der Waals surface area contributed by atoms with Crippen LogP contribution < -0.4 is 5.32 Å². The highest BCUT2D eigenvalue weighted by molar-refractivity contribution is 5.92. The van der Waals surface area contributed by atoms with E-state index in [0.29, 0.717) is 30.7 Å². The number of nitrogens with zero attached hydrogens (tertiary/aromatic N) is 1. The molecule has 96 valence electrons. The molecule has 5 nitrogen and oxygen atoms in total. The van der Waals surface area contributed by atoms with Gasteiger partial charge in [0.2, 0.25) is 5.91 Å². The minimum atomic E-state index is -0.199. The smallest absolute Gasteiger partial charge is 0.224 e. The van der Waals surface area contributed by atoms with Gasteiger partial charge in [-0.25, -0.2) is 0 Å². The van der Waals surface area contributed by atoms with E-state index in [2.05, 4.69) is 10.3 Å². The molecule has 1 rings (SSSR count). The fraction of sp³-hybridized carbons (Fsp3) is 0.308. The molecule has 0 radical (unpaired) electrons. The average molecular weight is 248 g/mol. The van der Waals surface area contributed by atoms with Gasteiger partial charge in [0.1, 0.15) is 5.70 Å². The van der Waals surface area contributed by atoms with Gasteiger partial charge in [-0.15, -0.1) is 0 Å². The summed E-state index contributed by atoms with van der Waals surface area (Å²) in [6, 6.07) is 5.23. The van der Waals surface area contributed by atoms with Crippen LogP contribution in [0.4, 0.5) is 0 Å². The standard InChI is InChI=1S/C13H16N2O3/c1-3-12(17)15-13(11(9-16)18-4-2)10-7-5-6-8-14-10/h5-9H,3-4H2,1-2H3,(H,15,17)/b13-11-. The number of carbonyl (C=O) groups is 2. The second-order valence-corrected chi connectivity index (χ2v) is 3.41. The summed E-state index contributed by atoms with van der Waals surface area (Å²) >= 11 is 0. The first-order valence-electron chi connectivity index (χ1n) is 5.76. The van der Waals surface area contributed by atoms with E-state index in [0.717, 1.165) is 0 Å². The summed E-state index contributed by atoms with van der Waals surface area (Å²) in [5, 5.41) is 2.64. The second-order valence-electron chi connectivity index (χ2n) is 3.41. The number of nitrogens with one attached hydrogen (secondary N) is 1. The third-order valence-electron chi connectivity index (χ3n) is 2.16. The van der Waals surface area contributed by atoms with Gasteiger partial charge in [-0.1, -0.05) is 13.0 Å². The van der Waals surface area contributed by atoms with Crippen molar-refractivity contribution < 1.29 is 14.3 Å². The van der Waals surface area contributed by atoms with Gasteiger partial charge in [-0.2, -0.15) is 0 Å². The Bertz CT molecular complexity index is 441. The van der Waals surface area contributed by atoms with Crippen molar-refractivity contribution in [1.82, 2.24) is 10.3 Å². The number of allylic oxidation sites excluding steroid dienone is 1. The lowest BCUT2D eigenvalue weighted by Gasteiger charge is -2.12. The number of aldehydes is 1. The molecule has 0 bridgehead atoms. The second kappa shape index (κ2) is 7.21. The highest BCUT2D eigenvalue weighted by atomic mass is 16.5. The van der Waals surface area contributed by atoms with Gasteiger partial charge in [0.25, 0.3) is 0 Å². The van der Waals surface area contributed by atoms with Crippen LogP contribution in [0.15, 0.2) is 30.2 Å². The molecule has 1 aromatic rings. The van der Waals surface area contributed by atoms with Crippen LogP contribution in [0.1, 0.15) is 26.0 Å². The third-order valence-corrected chi connectivity index (χ3v) is 2.16. The van der Waals surface area contributed by atoms with E-state index >= 15 is 0 Å². The van der Waals surface area contributed by atoms with E-state index in [1.54, 1.807) is 38.2 Å². The van der Waals surface area contributed by atoms with Gasteiger partial charge >= 0.3 is 0 Å². The Morgan fingerprint density at radius 2 is 2.22 bits per heavy atom. The quantitative estimate of drug-likeness (QED) is 0.470. The van der Waals surface area contributed by atoms with E-state index < -0.39 is 0 Å². The SMILES string of the molecule is CCO/C(C=O)=C(\NC(=O)CC)c1ccccn1. The fourth-order valence-electron chi connectivity index (χ4n) is 1.31. The van der Waals surface area contributed by atoms with Crippen molar-refractivity contribution in [3.8, 4) is 0 Å². The molecule has 1 heterocycles. The molecule has 0 aromatic carbocycles. The Kier molecular flexibility index (Phi) is 5.57. The summed E-state index contributed by atoms with van der Waals surface area (Å²) in [6.45, 7) is 3.83. The summed E-state index contributed by atoms with van der Waals surface area (Å²) in [6.07, 6.45) is 2.47. The van der Waals surface area contributed by atoms with E-state index in [-0.39, 0.29) is 11.7 Å². The molecule has 0 atom stereocenters. The molecule has 1 N–H and O–H groups in total. The summed E-state index contributed by atoms with van der Waals surface area (Å²) in [4.78, 5) is 26.6. The first kappa shape index (κ1) is 13.9.